The second kappa shape index (κ2) is 13.9. The molecule has 2 rings (SSSR count). The number of piperidine rings is 1. The summed E-state index contributed by atoms with van der Waals surface area (Å²) in [5, 5.41) is 8.82. The number of hydrogen-bond donors (Lipinski definition) is 2. The molecule has 2 unspecified atom stereocenters. The van der Waals surface area contributed by atoms with Crippen LogP contribution in [0.25, 0.3) is 0 Å². The highest BCUT2D eigenvalue weighted by molar-refractivity contribution is 14.0. The van der Waals surface area contributed by atoms with Crippen LogP contribution < -0.4 is 10.6 Å². The van der Waals surface area contributed by atoms with E-state index in [4.69, 9.17) is 4.99 Å². The molecule has 2 N–H and O–H groups in total. The van der Waals surface area contributed by atoms with Gasteiger partial charge in [-0.25, -0.2) is 12.7 Å². The van der Waals surface area contributed by atoms with Crippen molar-refractivity contribution < 1.29 is 8.42 Å². The number of nitrogens with zero attached hydrogens (tertiary/aromatic N) is 3. The number of guanidine groups is 1. The Morgan fingerprint density at radius 2 is 2.13 bits per heavy atom. The summed E-state index contributed by atoms with van der Waals surface area (Å²) < 4.78 is 24.9. The molecule has 0 spiro atoms. The molecule has 30 heavy (non-hydrogen) atoms. The second-order valence-corrected chi connectivity index (χ2v) is 10.6. The molecule has 1 aromatic rings. The van der Waals surface area contributed by atoms with E-state index in [0.29, 0.717) is 31.6 Å². The minimum atomic E-state index is -3.13. The topological polar surface area (TPSA) is 77.0 Å². The van der Waals surface area contributed by atoms with Crippen molar-refractivity contribution in [2.24, 2.45) is 10.9 Å². The van der Waals surface area contributed by atoms with E-state index in [2.05, 4.69) is 47.0 Å². The summed E-state index contributed by atoms with van der Waals surface area (Å²) in [6.07, 6.45) is 4.41. The predicted molar refractivity (Wildman–Crippen MR) is 139 cm³/mol. The highest BCUT2D eigenvalue weighted by Crippen LogP contribution is 2.37. The van der Waals surface area contributed by atoms with Gasteiger partial charge in [-0.1, -0.05) is 13.0 Å². The van der Waals surface area contributed by atoms with Gasteiger partial charge in [0.1, 0.15) is 0 Å². The molecule has 1 fully saturated rings. The van der Waals surface area contributed by atoms with Crippen molar-refractivity contribution >= 4 is 51.3 Å². The summed E-state index contributed by atoms with van der Waals surface area (Å²) >= 11 is 1.83. The zero-order valence-electron chi connectivity index (χ0n) is 18.6. The molecule has 7 nitrogen and oxygen atoms in total. The SMILES string of the molecule is CCNC(=NCC1CCCN(C)C1c1cccs1)NCCCN(CC)S(C)(=O)=O.I. The molecule has 0 saturated carbocycles. The van der Waals surface area contributed by atoms with Crippen molar-refractivity contribution in [3.8, 4) is 0 Å². The number of nitrogens with one attached hydrogen (secondary N) is 2. The number of aliphatic imine (C=N–C) groups is 1. The highest BCUT2D eigenvalue weighted by Gasteiger charge is 2.31. The number of thiophene rings is 1. The molecule has 1 saturated heterocycles. The lowest BCUT2D eigenvalue weighted by molar-refractivity contribution is 0.128. The maximum Gasteiger partial charge on any atom is 0.211 e. The first-order valence-corrected chi connectivity index (χ1v) is 13.3. The summed E-state index contributed by atoms with van der Waals surface area (Å²) in [6, 6.07) is 4.80. The maximum atomic E-state index is 11.7. The van der Waals surface area contributed by atoms with Crippen LogP contribution in [-0.2, 0) is 10.0 Å². The van der Waals surface area contributed by atoms with E-state index in [1.165, 1.54) is 28.3 Å². The van der Waals surface area contributed by atoms with Gasteiger partial charge >= 0.3 is 0 Å². The average Bonchev–Trinajstić information content (AvgIpc) is 3.19. The van der Waals surface area contributed by atoms with Crippen LogP contribution in [0.5, 0.6) is 0 Å². The molecule has 1 aromatic heterocycles. The molecule has 0 radical (unpaired) electrons. The molecular formula is C20H38IN5O2S2. The Kier molecular flexibility index (Phi) is 12.8. The van der Waals surface area contributed by atoms with Crippen LogP contribution in [0.2, 0.25) is 0 Å². The molecule has 0 bridgehead atoms. The van der Waals surface area contributed by atoms with Crippen LogP contribution in [0, 0.1) is 5.92 Å². The Morgan fingerprint density at radius 3 is 2.73 bits per heavy atom. The molecule has 1 aliphatic heterocycles. The third kappa shape index (κ3) is 8.60. The maximum absolute atomic E-state index is 11.7. The minimum Gasteiger partial charge on any atom is -0.357 e. The van der Waals surface area contributed by atoms with Gasteiger partial charge in [-0.2, -0.15) is 0 Å². The summed E-state index contributed by atoms with van der Waals surface area (Å²) in [4.78, 5) is 8.74. The Balaban J connectivity index is 0.00000450. The van der Waals surface area contributed by atoms with Gasteiger partial charge in [0.25, 0.3) is 0 Å². The van der Waals surface area contributed by atoms with Crippen LogP contribution in [0.1, 0.15) is 44.0 Å². The Morgan fingerprint density at radius 1 is 1.37 bits per heavy atom. The number of hydrogen-bond acceptors (Lipinski definition) is 5. The zero-order valence-corrected chi connectivity index (χ0v) is 22.6. The summed E-state index contributed by atoms with van der Waals surface area (Å²) in [5.74, 6) is 1.32. The van der Waals surface area contributed by atoms with Crippen LogP contribution >= 0.6 is 35.3 Å². The average molecular weight is 572 g/mol. The van der Waals surface area contributed by atoms with Crippen molar-refractivity contribution in [2.75, 3.05) is 52.6 Å². The first-order valence-electron chi connectivity index (χ1n) is 10.6. The molecule has 10 heteroatoms. The third-order valence-corrected chi connectivity index (χ3v) is 7.69. The van der Waals surface area contributed by atoms with Gasteiger partial charge < -0.3 is 10.6 Å². The van der Waals surface area contributed by atoms with Crippen LogP contribution in [0.15, 0.2) is 22.5 Å². The van der Waals surface area contributed by atoms with E-state index in [0.717, 1.165) is 32.0 Å². The summed E-state index contributed by atoms with van der Waals surface area (Å²) in [7, 11) is -0.914. The van der Waals surface area contributed by atoms with Gasteiger partial charge in [0, 0.05) is 43.6 Å². The van der Waals surface area contributed by atoms with Crippen molar-refractivity contribution in [3.05, 3.63) is 22.4 Å². The fraction of sp³-hybridized carbons (Fsp3) is 0.750. The van der Waals surface area contributed by atoms with E-state index in [-0.39, 0.29) is 24.0 Å². The fourth-order valence-corrected chi connectivity index (χ4v) is 5.84. The van der Waals surface area contributed by atoms with E-state index in [9.17, 15) is 8.42 Å². The Bertz CT molecular complexity index is 728. The van der Waals surface area contributed by atoms with E-state index < -0.39 is 10.0 Å². The largest absolute Gasteiger partial charge is 0.357 e. The van der Waals surface area contributed by atoms with E-state index in [1.54, 1.807) is 0 Å². The van der Waals surface area contributed by atoms with Crippen molar-refractivity contribution in [2.45, 2.75) is 39.2 Å². The van der Waals surface area contributed by atoms with Crippen LogP contribution in [-0.4, -0.2) is 76.2 Å². The normalized spacial score (nSPS) is 20.8. The molecule has 2 heterocycles. The van der Waals surface area contributed by atoms with Crippen LogP contribution in [0.3, 0.4) is 0 Å². The van der Waals surface area contributed by atoms with Crippen molar-refractivity contribution in [3.63, 3.8) is 0 Å². The second-order valence-electron chi connectivity index (χ2n) is 7.60. The van der Waals surface area contributed by atoms with Crippen LogP contribution in [0.4, 0.5) is 0 Å². The number of rotatable bonds is 10. The molecule has 0 amide bonds. The molecule has 1 aliphatic rings. The predicted octanol–water partition coefficient (Wildman–Crippen LogP) is 2.98. The molecule has 2 atom stereocenters. The summed E-state index contributed by atoms with van der Waals surface area (Å²) in [6.45, 7) is 8.36. The third-order valence-electron chi connectivity index (χ3n) is 5.37. The lowest BCUT2D eigenvalue weighted by Crippen LogP contribution is -2.41. The van der Waals surface area contributed by atoms with Gasteiger partial charge in [0.05, 0.1) is 6.26 Å². The van der Waals surface area contributed by atoms with E-state index in [1.807, 2.05) is 18.3 Å². The van der Waals surface area contributed by atoms with Gasteiger partial charge in [-0.05, 0) is 57.1 Å². The van der Waals surface area contributed by atoms with Gasteiger partial charge in [0.15, 0.2) is 5.96 Å². The molecule has 0 aliphatic carbocycles. The minimum absolute atomic E-state index is 0. The fourth-order valence-electron chi connectivity index (χ4n) is 3.93. The van der Waals surface area contributed by atoms with Crippen molar-refractivity contribution in [1.82, 2.24) is 19.8 Å². The Hall–Kier alpha value is -0.430. The lowest BCUT2D eigenvalue weighted by Gasteiger charge is -2.38. The van der Waals surface area contributed by atoms with Crippen molar-refractivity contribution in [1.29, 1.82) is 0 Å². The number of halogens is 1. The van der Waals surface area contributed by atoms with Gasteiger partial charge in [-0.15, -0.1) is 35.3 Å². The smallest absolute Gasteiger partial charge is 0.211 e. The highest BCUT2D eigenvalue weighted by atomic mass is 127. The first kappa shape index (κ1) is 27.6. The number of sulfonamides is 1. The quantitative estimate of drug-likeness (QED) is 0.196. The standard InChI is InChI=1S/C20H37N5O2S2.HI/c1-5-21-20(22-12-9-14-25(6-2)29(4,26)27)23-16-17-10-7-13-24(3)19(17)18-11-8-15-28-18;/h8,11,15,17,19H,5-7,9-10,12-14,16H2,1-4H3,(H2,21,22,23);1H. The van der Waals surface area contributed by atoms with Gasteiger partial charge in [-0.3, -0.25) is 9.89 Å². The summed E-state index contributed by atoms with van der Waals surface area (Å²) in [5.41, 5.74) is 0. The molecule has 174 valence electrons. The number of likely N-dealkylation sites (tertiary alicyclic amines) is 1. The first-order chi connectivity index (χ1) is 13.9. The molecule has 0 aromatic carbocycles. The monoisotopic (exact) mass is 571 g/mol. The van der Waals surface area contributed by atoms with E-state index >= 15 is 0 Å². The zero-order chi connectivity index (χ0) is 21.3. The lowest BCUT2D eigenvalue weighted by atomic mass is 9.88. The Labute approximate surface area is 203 Å². The molecular weight excluding hydrogens is 533 g/mol. The van der Waals surface area contributed by atoms with Gasteiger partial charge in [0.2, 0.25) is 10.0 Å².